The third-order valence-electron chi connectivity index (χ3n) is 3.39. The molecule has 100 valence electrons. The van der Waals surface area contributed by atoms with Crippen LogP contribution in [0.5, 0.6) is 0 Å². The topological polar surface area (TPSA) is 70.8 Å². The zero-order valence-corrected chi connectivity index (χ0v) is 10.5. The van der Waals surface area contributed by atoms with Crippen LogP contribution in [0.15, 0.2) is 24.3 Å². The Bertz CT molecular complexity index is 560. The molecule has 0 bridgehead atoms. The van der Waals surface area contributed by atoms with Gasteiger partial charge in [0, 0.05) is 24.7 Å². The minimum atomic E-state index is -0.278. The predicted octanol–water partition coefficient (Wildman–Crippen LogP) is 1.54. The maximum atomic E-state index is 13.2. The summed E-state index contributed by atoms with van der Waals surface area (Å²) in [6.07, 6.45) is 1.90. The largest absolute Gasteiger partial charge is 0.339 e. The van der Waals surface area contributed by atoms with Crippen LogP contribution in [0, 0.1) is 5.82 Å². The van der Waals surface area contributed by atoms with Gasteiger partial charge < -0.3 is 10.6 Å². The lowest BCUT2D eigenvalue weighted by atomic mass is 10.1. The van der Waals surface area contributed by atoms with Gasteiger partial charge in [-0.15, -0.1) is 5.10 Å². The highest BCUT2D eigenvalue weighted by atomic mass is 19.1. The molecule has 0 unspecified atom stereocenters. The first-order chi connectivity index (χ1) is 9.22. The minimum Gasteiger partial charge on any atom is -0.339 e. The predicted molar refractivity (Wildman–Crippen MR) is 71.2 cm³/mol. The van der Waals surface area contributed by atoms with Gasteiger partial charge in [-0.25, -0.2) is 4.39 Å². The summed E-state index contributed by atoms with van der Waals surface area (Å²) in [4.78, 5) is 6.52. The Labute approximate surface area is 110 Å². The smallest absolute Gasteiger partial charge is 0.245 e. The zero-order chi connectivity index (χ0) is 13.2. The summed E-state index contributed by atoms with van der Waals surface area (Å²) in [5.74, 6) is 0.968. The number of H-pyrrole nitrogens is 1. The lowest BCUT2D eigenvalue weighted by molar-refractivity contribution is 0.496. The number of anilines is 1. The zero-order valence-electron chi connectivity index (χ0n) is 10.5. The number of rotatable bonds is 2. The standard InChI is InChI=1S/C13H16FN5/c14-10-3-1-2-9(8-10)12-16-13(18-17-12)19-6-4-11(15)5-7-19/h1-3,8,11H,4-7,15H2,(H,16,17,18). The van der Waals surface area contributed by atoms with Crippen molar-refractivity contribution in [3.8, 4) is 11.4 Å². The number of nitrogens with zero attached hydrogens (tertiary/aromatic N) is 3. The summed E-state index contributed by atoms with van der Waals surface area (Å²) >= 11 is 0. The fourth-order valence-electron chi connectivity index (χ4n) is 2.26. The molecule has 1 fully saturated rings. The highest BCUT2D eigenvalue weighted by Crippen LogP contribution is 2.20. The first kappa shape index (κ1) is 12.1. The monoisotopic (exact) mass is 261 g/mol. The van der Waals surface area contributed by atoms with Crippen molar-refractivity contribution in [2.75, 3.05) is 18.0 Å². The van der Waals surface area contributed by atoms with Gasteiger partial charge in [0.05, 0.1) is 0 Å². The van der Waals surface area contributed by atoms with Crippen LogP contribution in [0.4, 0.5) is 10.3 Å². The van der Waals surface area contributed by atoms with Gasteiger partial charge in [-0.2, -0.15) is 4.98 Å². The van der Waals surface area contributed by atoms with Crippen LogP contribution in [-0.4, -0.2) is 34.3 Å². The van der Waals surface area contributed by atoms with E-state index in [4.69, 9.17) is 5.73 Å². The molecule has 2 aromatic rings. The highest BCUT2D eigenvalue weighted by Gasteiger charge is 2.19. The second-order valence-corrected chi connectivity index (χ2v) is 4.82. The first-order valence-electron chi connectivity index (χ1n) is 6.41. The van der Waals surface area contributed by atoms with E-state index in [1.165, 1.54) is 12.1 Å². The van der Waals surface area contributed by atoms with Gasteiger partial charge in [0.25, 0.3) is 0 Å². The quantitative estimate of drug-likeness (QED) is 0.860. The molecule has 0 spiro atoms. The van der Waals surface area contributed by atoms with Gasteiger partial charge in [0.1, 0.15) is 5.82 Å². The number of aromatic amines is 1. The van der Waals surface area contributed by atoms with Crippen molar-refractivity contribution in [1.82, 2.24) is 15.2 Å². The Kier molecular flexibility index (Phi) is 3.16. The summed E-state index contributed by atoms with van der Waals surface area (Å²) in [5.41, 5.74) is 6.57. The van der Waals surface area contributed by atoms with Crippen molar-refractivity contribution in [3.63, 3.8) is 0 Å². The molecular formula is C13H16FN5. The van der Waals surface area contributed by atoms with E-state index in [-0.39, 0.29) is 11.9 Å². The Morgan fingerprint density at radius 3 is 2.84 bits per heavy atom. The van der Waals surface area contributed by atoms with Crippen molar-refractivity contribution in [3.05, 3.63) is 30.1 Å². The summed E-state index contributed by atoms with van der Waals surface area (Å²) in [6, 6.07) is 6.59. The van der Waals surface area contributed by atoms with E-state index < -0.39 is 0 Å². The summed E-state index contributed by atoms with van der Waals surface area (Å²) in [6.45, 7) is 1.73. The average Bonchev–Trinajstić information content (AvgIpc) is 2.89. The summed E-state index contributed by atoms with van der Waals surface area (Å²) in [7, 11) is 0. The highest BCUT2D eigenvalue weighted by molar-refractivity contribution is 5.56. The lowest BCUT2D eigenvalue weighted by Gasteiger charge is -2.28. The molecule has 1 aliphatic heterocycles. The SMILES string of the molecule is NC1CCN(c2n[nH]c(-c3cccc(F)c3)n2)CC1. The van der Waals surface area contributed by atoms with Gasteiger partial charge >= 0.3 is 0 Å². The average molecular weight is 261 g/mol. The van der Waals surface area contributed by atoms with Crippen molar-refractivity contribution in [1.29, 1.82) is 0 Å². The molecule has 2 heterocycles. The van der Waals surface area contributed by atoms with Crippen molar-refractivity contribution >= 4 is 5.95 Å². The van der Waals surface area contributed by atoms with E-state index in [0.29, 0.717) is 17.3 Å². The molecule has 3 N–H and O–H groups in total. The Morgan fingerprint density at radius 2 is 2.11 bits per heavy atom. The minimum absolute atomic E-state index is 0.276. The van der Waals surface area contributed by atoms with Gasteiger partial charge in [0.15, 0.2) is 5.82 Å². The van der Waals surface area contributed by atoms with Crippen LogP contribution < -0.4 is 10.6 Å². The molecule has 19 heavy (non-hydrogen) atoms. The fraction of sp³-hybridized carbons (Fsp3) is 0.385. The van der Waals surface area contributed by atoms with Gasteiger partial charge in [-0.3, -0.25) is 5.10 Å². The van der Waals surface area contributed by atoms with Gasteiger partial charge in [-0.1, -0.05) is 12.1 Å². The molecule has 0 amide bonds. The number of nitrogens with one attached hydrogen (secondary N) is 1. The maximum absolute atomic E-state index is 13.2. The first-order valence-corrected chi connectivity index (χ1v) is 6.41. The van der Waals surface area contributed by atoms with Crippen LogP contribution >= 0.6 is 0 Å². The molecule has 1 saturated heterocycles. The van der Waals surface area contributed by atoms with Crippen LogP contribution in [0.3, 0.4) is 0 Å². The molecule has 0 radical (unpaired) electrons. The molecule has 0 saturated carbocycles. The molecule has 6 heteroatoms. The lowest BCUT2D eigenvalue weighted by Crippen LogP contribution is -2.40. The van der Waals surface area contributed by atoms with E-state index in [2.05, 4.69) is 20.1 Å². The Morgan fingerprint density at radius 1 is 1.32 bits per heavy atom. The molecular weight excluding hydrogens is 245 g/mol. The normalized spacial score (nSPS) is 16.8. The van der Waals surface area contributed by atoms with E-state index in [1.54, 1.807) is 12.1 Å². The molecule has 1 aliphatic rings. The number of halogens is 1. The Hall–Kier alpha value is -1.95. The van der Waals surface area contributed by atoms with Crippen molar-refractivity contribution in [2.24, 2.45) is 5.73 Å². The third kappa shape index (κ3) is 2.58. The molecule has 1 aromatic carbocycles. The molecule has 1 aromatic heterocycles. The summed E-state index contributed by atoms with van der Waals surface area (Å²) in [5, 5.41) is 7.05. The summed E-state index contributed by atoms with van der Waals surface area (Å²) < 4.78 is 13.2. The number of aromatic nitrogens is 3. The second-order valence-electron chi connectivity index (χ2n) is 4.82. The third-order valence-corrected chi connectivity index (χ3v) is 3.39. The van der Waals surface area contributed by atoms with Gasteiger partial charge in [0.2, 0.25) is 5.95 Å². The van der Waals surface area contributed by atoms with Crippen molar-refractivity contribution < 1.29 is 4.39 Å². The van der Waals surface area contributed by atoms with Crippen LogP contribution in [0.1, 0.15) is 12.8 Å². The fourth-order valence-corrected chi connectivity index (χ4v) is 2.26. The van der Waals surface area contributed by atoms with Gasteiger partial charge in [-0.05, 0) is 25.0 Å². The number of hydrogen-bond donors (Lipinski definition) is 2. The van der Waals surface area contributed by atoms with Crippen LogP contribution in [0.2, 0.25) is 0 Å². The molecule has 3 rings (SSSR count). The molecule has 0 aliphatic carbocycles. The van der Waals surface area contributed by atoms with E-state index >= 15 is 0 Å². The number of nitrogens with two attached hydrogens (primary N) is 1. The van der Waals surface area contributed by atoms with E-state index in [1.807, 2.05) is 0 Å². The Balaban J connectivity index is 1.80. The number of piperidine rings is 1. The number of benzene rings is 1. The van der Waals surface area contributed by atoms with Crippen molar-refractivity contribution in [2.45, 2.75) is 18.9 Å². The molecule has 0 atom stereocenters. The van der Waals surface area contributed by atoms with Crippen LogP contribution in [-0.2, 0) is 0 Å². The maximum Gasteiger partial charge on any atom is 0.245 e. The second kappa shape index (κ2) is 4.97. The van der Waals surface area contributed by atoms with E-state index in [9.17, 15) is 4.39 Å². The molecule has 5 nitrogen and oxygen atoms in total. The van der Waals surface area contributed by atoms with Crippen LogP contribution in [0.25, 0.3) is 11.4 Å². The van der Waals surface area contributed by atoms with E-state index in [0.717, 1.165) is 25.9 Å². The number of hydrogen-bond acceptors (Lipinski definition) is 4.